The number of aryl methyl sites for hydroxylation is 2. The fourth-order valence-corrected chi connectivity index (χ4v) is 6.50. The zero-order chi connectivity index (χ0) is 26.5. The molecule has 3 aromatic rings. The van der Waals surface area contributed by atoms with Gasteiger partial charge in [0.25, 0.3) is 10.0 Å². The maximum absolute atomic E-state index is 14.1. The largest absolute Gasteiger partial charge is 0.493 e. The van der Waals surface area contributed by atoms with Crippen LogP contribution in [0.5, 0.6) is 5.75 Å². The van der Waals surface area contributed by atoms with E-state index < -0.39 is 10.0 Å². The van der Waals surface area contributed by atoms with Crippen LogP contribution < -0.4 is 9.04 Å². The van der Waals surface area contributed by atoms with Crippen molar-refractivity contribution in [2.45, 2.75) is 45.4 Å². The van der Waals surface area contributed by atoms with E-state index in [0.29, 0.717) is 47.0 Å². The van der Waals surface area contributed by atoms with E-state index in [0.717, 1.165) is 9.18 Å². The van der Waals surface area contributed by atoms with E-state index in [4.69, 9.17) is 18.7 Å². The number of hydrogen-bond donors (Lipinski definition) is 1. The predicted molar refractivity (Wildman–Crippen MR) is 145 cm³/mol. The second-order valence-electron chi connectivity index (χ2n) is 8.82. The van der Waals surface area contributed by atoms with Crippen LogP contribution in [0.4, 0.5) is 5.82 Å². The minimum Gasteiger partial charge on any atom is -0.493 e. The van der Waals surface area contributed by atoms with Gasteiger partial charge in [-0.3, -0.25) is 0 Å². The molecule has 199 valence electrons. The van der Waals surface area contributed by atoms with Gasteiger partial charge in [0.1, 0.15) is 22.4 Å². The Hall–Kier alpha value is -1.84. The summed E-state index contributed by atoms with van der Waals surface area (Å²) in [5.41, 5.74) is 2.43. The third-order valence-corrected chi connectivity index (χ3v) is 8.72. The first-order valence-electron chi connectivity index (χ1n) is 11.6. The first-order valence-corrected chi connectivity index (χ1v) is 13.9. The van der Waals surface area contributed by atoms with Crippen molar-refractivity contribution in [1.29, 1.82) is 0 Å². The van der Waals surface area contributed by atoms with Crippen molar-refractivity contribution < 1.29 is 32.3 Å². The predicted octanol–water partition coefficient (Wildman–Crippen LogP) is 4.29. The Bertz CT molecular complexity index is 1270. The van der Waals surface area contributed by atoms with E-state index in [1.807, 2.05) is 26.8 Å². The number of methoxy groups -OCH3 is 1. The molecule has 12 heteroatoms. The summed E-state index contributed by atoms with van der Waals surface area (Å²) in [6, 6.07) is 7.13. The van der Waals surface area contributed by atoms with Crippen LogP contribution in [0.15, 0.2) is 33.0 Å². The Kier molecular flexibility index (Phi) is 11.7. The van der Waals surface area contributed by atoms with E-state index in [9.17, 15) is 13.5 Å². The van der Waals surface area contributed by atoms with Crippen LogP contribution in [0, 0.1) is 26.7 Å². The number of anilines is 1. The van der Waals surface area contributed by atoms with E-state index in [2.05, 4.69) is 5.16 Å². The van der Waals surface area contributed by atoms with E-state index in [-0.39, 0.29) is 54.8 Å². The minimum atomic E-state index is -4.11. The summed E-state index contributed by atoms with van der Waals surface area (Å²) >= 11 is 1.17. The number of nitrogens with zero attached hydrogens (tertiary/aromatic N) is 2. The molecule has 0 atom stereocenters. The van der Waals surface area contributed by atoms with Gasteiger partial charge in [0.2, 0.25) is 0 Å². The Morgan fingerprint density at radius 2 is 1.86 bits per heavy atom. The summed E-state index contributed by atoms with van der Waals surface area (Å²) in [6.07, 6.45) is 0. The first kappa shape index (κ1) is 31.4. The van der Waals surface area contributed by atoms with Gasteiger partial charge in [-0.2, -0.15) is 0 Å². The molecule has 1 aromatic carbocycles. The Balaban J connectivity index is 0.00000481. The first-order chi connectivity index (χ1) is 17.1. The van der Waals surface area contributed by atoms with Crippen molar-refractivity contribution in [2.75, 3.05) is 38.0 Å². The van der Waals surface area contributed by atoms with Crippen molar-refractivity contribution in [3.8, 4) is 16.9 Å². The number of benzene rings is 1. The van der Waals surface area contributed by atoms with Crippen LogP contribution in [0.25, 0.3) is 11.1 Å². The van der Waals surface area contributed by atoms with Gasteiger partial charge in [-0.25, -0.2) is 12.7 Å². The summed E-state index contributed by atoms with van der Waals surface area (Å²) in [5, 5.41) is 13.7. The number of aliphatic hydroxyl groups excluding tert-OH is 1. The fraction of sp³-hybridized carbons (Fsp3) is 0.480. The van der Waals surface area contributed by atoms with E-state index >= 15 is 0 Å². The molecule has 0 unspecified atom stereocenters. The molecule has 0 spiro atoms. The van der Waals surface area contributed by atoms with Gasteiger partial charge >= 0.3 is 0 Å². The standard InChI is InChI=1S/C25H34N2O7S2.Li/c1-16(2)14-33-23-12-20(13-28)7-8-21(23)22-11-17(3)35-25(22)36(29,30)27(15-32-10-9-31-6)24-18(4)19(5)34-26-24;/h7-8,11-12,16,28H,9-10,13-15H2,1-6H3;. The van der Waals surface area contributed by atoms with Crippen LogP contribution >= 0.6 is 11.3 Å². The van der Waals surface area contributed by atoms with Crippen molar-refractivity contribution in [3.05, 3.63) is 46.0 Å². The average molecular weight is 546 g/mol. The van der Waals surface area contributed by atoms with Gasteiger partial charge in [-0.05, 0) is 44.4 Å². The molecule has 9 nitrogen and oxygen atoms in total. The summed E-state index contributed by atoms with van der Waals surface area (Å²) in [5.74, 6) is 1.48. The van der Waals surface area contributed by atoms with E-state index in [1.165, 1.54) is 11.3 Å². The minimum absolute atomic E-state index is 0. The van der Waals surface area contributed by atoms with Crippen molar-refractivity contribution >= 4 is 46.0 Å². The third-order valence-electron chi connectivity index (χ3n) is 5.45. The molecule has 2 aromatic heterocycles. The number of thiophene rings is 1. The molecule has 0 bridgehead atoms. The smallest absolute Gasteiger partial charge is 0.277 e. The van der Waals surface area contributed by atoms with Crippen molar-refractivity contribution in [1.82, 2.24) is 5.16 Å². The van der Waals surface area contributed by atoms with Gasteiger partial charge < -0.3 is 23.8 Å². The molecule has 0 amide bonds. The Morgan fingerprint density at radius 1 is 1.14 bits per heavy atom. The summed E-state index contributed by atoms with van der Waals surface area (Å²) in [7, 11) is -2.57. The molecule has 2 heterocycles. The third kappa shape index (κ3) is 7.39. The zero-order valence-corrected chi connectivity index (χ0v) is 24.2. The van der Waals surface area contributed by atoms with Crippen LogP contribution in [0.2, 0.25) is 0 Å². The summed E-state index contributed by atoms with van der Waals surface area (Å²) < 4.78 is 51.5. The van der Waals surface area contributed by atoms with Crippen LogP contribution in [0.1, 0.15) is 35.6 Å². The second kappa shape index (κ2) is 13.8. The molecular weight excluding hydrogens is 511 g/mol. The normalized spacial score (nSPS) is 11.6. The SMILES string of the molecule is COCCOCN(c1noc(C)c1C)S(=O)(=O)c1sc(C)cc1-c1ccc(CO)cc1OCC(C)C.[Li]. The maximum Gasteiger partial charge on any atom is 0.277 e. The van der Waals surface area contributed by atoms with Crippen molar-refractivity contribution in [2.24, 2.45) is 5.92 Å². The topological polar surface area (TPSA) is 111 Å². The van der Waals surface area contributed by atoms with Gasteiger partial charge in [0.15, 0.2) is 5.82 Å². The van der Waals surface area contributed by atoms with Crippen LogP contribution in [-0.2, 0) is 26.1 Å². The Labute approximate surface area is 234 Å². The number of ether oxygens (including phenoxy) is 3. The molecule has 1 N–H and O–H groups in total. The Morgan fingerprint density at radius 3 is 2.46 bits per heavy atom. The molecule has 0 fully saturated rings. The number of rotatable bonds is 13. The molecule has 0 aliphatic heterocycles. The number of aromatic nitrogens is 1. The zero-order valence-electron chi connectivity index (χ0n) is 22.5. The number of sulfonamides is 1. The second-order valence-corrected chi connectivity index (χ2v) is 12.1. The fourth-order valence-electron chi connectivity index (χ4n) is 3.41. The van der Waals surface area contributed by atoms with Gasteiger partial charge in [0.05, 0.1) is 26.4 Å². The molecule has 0 aliphatic rings. The molecule has 37 heavy (non-hydrogen) atoms. The number of hydrogen-bond acceptors (Lipinski definition) is 9. The molecule has 0 saturated heterocycles. The van der Waals surface area contributed by atoms with Gasteiger partial charge in [-0.1, -0.05) is 31.1 Å². The monoisotopic (exact) mass is 545 g/mol. The average Bonchev–Trinajstić information content (AvgIpc) is 3.39. The molecule has 0 saturated carbocycles. The quantitative estimate of drug-likeness (QED) is 0.192. The van der Waals surface area contributed by atoms with Gasteiger partial charge in [-0.15, -0.1) is 11.3 Å². The number of aliphatic hydroxyl groups is 1. The summed E-state index contributed by atoms with van der Waals surface area (Å²) in [4.78, 5) is 0.818. The molecule has 3 rings (SSSR count). The van der Waals surface area contributed by atoms with Gasteiger partial charge in [0, 0.05) is 47.5 Å². The maximum atomic E-state index is 14.1. The molecule has 0 aliphatic carbocycles. The van der Waals surface area contributed by atoms with Crippen LogP contribution in [0.3, 0.4) is 0 Å². The summed E-state index contributed by atoms with van der Waals surface area (Å²) in [6.45, 7) is 9.98. The van der Waals surface area contributed by atoms with Crippen molar-refractivity contribution in [3.63, 3.8) is 0 Å². The van der Waals surface area contributed by atoms with E-state index in [1.54, 1.807) is 39.2 Å². The molecule has 1 radical (unpaired) electrons. The van der Waals surface area contributed by atoms with Crippen LogP contribution in [-0.4, -0.2) is 71.2 Å². The molecular formula is C25H34LiN2O7S2.